The summed E-state index contributed by atoms with van der Waals surface area (Å²) in [7, 11) is 0. The Morgan fingerprint density at radius 3 is 2.95 bits per heavy atom. The van der Waals surface area contributed by atoms with E-state index in [1.807, 2.05) is 0 Å². The lowest BCUT2D eigenvalue weighted by molar-refractivity contribution is -0.119. The highest BCUT2D eigenvalue weighted by molar-refractivity contribution is 5.94. The summed E-state index contributed by atoms with van der Waals surface area (Å²) in [5, 5.41) is 9.87. The van der Waals surface area contributed by atoms with E-state index in [1.165, 1.54) is 10.9 Å². The number of carbonyl (C=O) groups excluding carboxylic acids is 2. The molecule has 7 nitrogen and oxygen atoms in total. The fraction of sp³-hybridized carbons (Fsp3) is 0.545. The number of carbonyl (C=O) groups is 2. The Morgan fingerprint density at radius 1 is 1.53 bits per heavy atom. The summed E-state index contributed by atoms with van der Waals surface area (Å²) < 4.78 is 1.40. The lowest BCUT2D eigenvalue weighted by Gasteiger charge is -2.22. The molecule has 1 aliphatic rings. The lowest BCUT2D eigenvalue weighted by atomic mass is 10.0. The van der Waals surface area contributed by atoms with Gasteiger partial charge in [-0.25, -0.2) is 0 Å². The molecule has 4 N–H and O–H groups in total. The number of amides is 2. The number of piperidine rings is 1. The number of nitrogens with two attached hydrogens (primary N) is 1. The summed E-state index contributed by atoms with van der Waals surface area (Å²) in [6.45, 7) is 0.885. The van der Waals surface area contributed by atoms with Crippen LogP contribution in [0.5, 0.6) is 0 Å². The van der Waals surface area contributed by atoms with E-state index in [2.05, 4.69) is 15.7 Å². The second-order valence-corrected chi connectivity index (χ2v) is 4.38. The van der Waals surface area contributed by atoms with E-state index in [-0.39, 0.29) is 30.9 Å². The highest BCUT2D eigenvalue weighted by Gasteiger charge is 2.20. The molecule has 1 aromatic heterocycles. The third-order valence-corrected chi connectivity index (χ3v) is 2.85. The van der Waals surface area contributed by atoms with E-state index in [0.717, 1.165) is 25.8 Å². The number of aromatic nitrogens is 2. The van der Waals surface area contributed by atoms with Crippen molar-refractivity contribution in [3.8, 4) is 0 Å². The standard InChI is InChI=1S/C11H17N5O2.ClH/c12-10(17)7-16-6-8(5-14-16)15-11(18)9-3-1-2-4-13-9;/h5-6,9,13H,1-4,7H2,(H2,12,17)(H,15,18);1H/t9-;/m1./s1. The number of nitrogens with zero attached hydrogens (tertiary/aromatic N) is 2. The molecular weight excluding hydrogens is 270 g/mol. The van der Waals surface area contributed by atoms with Crippen LogP contribution < -0.4 is 16.4 Å². The molecule has 2 rings (SSSR count). The van der Waals surface area contributed by atoms with Gasteiger partial charge in [-0.2, -0.15) is 5.10 Å². The van der Waals surface area contributed by atoms with Gasteiger partial charge < -0.3 is 16.4 Å². The maximum absolute atomic E-state index is 11.9. The number of hydrogen-bond donors (Lipinski definition) is 3. The molecule has 0 saturated carbocycles. The summed E-state index contributed by atoms with van der Waals surface area (Å²) >= 11 is 0. The zero-order chi connectivity index (χ0) is 13.0. The van der Waals surface area contributed by atoms with E-state index in [0.29, 0.717) is 5.69 Å². The van der Waals surface area contributed by atoms with Crippen molar-refractivity contribution in [2.75, 3.05) is 11.9 Å². The van der Waals surface area contributed by atoms with Gasteiger partial charge in [0.1, 0.15) is 6.54 Å². The van der Waals surface area contributed by atoms with Crippen LogP contribution in [0.1, 0.15) is 19.3 Å². The summed E-state index contributed by atoms with van der Waals surface area (Å²) in [6.07, 6.45) is 6.11. The van der Waals surface area contributed by atoms with Gasteiger partial charge in [0.2, 0.25) is 11.8 Å². The first kappa shape index (κ1) is 15.5. The second kappa shape index (κ2) is 7.10. The van der Waals surface area contributed by atoms with Gasteiger partial charge in [0, 0.05) is 6.20 Å². The molecule has 106 valence electrons. The molecule has 1 aliphatic heterocycles. The minimum absolute atomic E-state index is 0. The Morgan fingerprint density at radius 2 is 2.32 bits per heavy atom. The third-order valence-electron chi connectivity index (χ3n) is 2.85. The van der Waals surface area contributed by atoms with Gasteiger partial charge in [-0.05, 0) is 19.4 Å². The van der Waals surface area contributed by atoms with Gasteiger partial charge in [0.05, 0.1) is 17.9 Å². The molecule has 0 spiro atoms. The molecule has 1 aromatic rings. The van der Waals surface area contributed by atoms with Crippen LogP contribution in [0.2, 0.25) is 0 Å². The van der Waals surface area contributed by atoms with Crippen LogP contribution in [0.4, 0.5) is 5.69 Å². The fourth-order valence-corrected chi connectivity index (χ4v) is 1.98. The monoisotopic (exact) mass is 287 g/mol. The Labute approximate surface area is 117 Å². The summed E-state index contributed by atoms with van der Waals surface area (Å²) in [6, 6.07) is -0.141. The molecular formula is C11H18ClN5O2. The van der Waals surface area contributed by atoms with Crippen LogP contribution in [0.3, 0.4) is 0 Å². The van der Waals surface area contributed by atoms with Crippen LogP contribution >= 0.6 is 12.4 Å². The van der Waals surface area contributed by atoms with E-state index in [9.17, 15) is 9.59 Å². The number of rotatable bonds is 4. The SMILES string of the molecule is Cl.NC(=O)Cn1cc(NC(=O)[C@H]2CCCCN2)cn1. The Hall–Kier alpha value is -1.60. The predicted octanol–water partition coefficient (Wildman–Crippen LogP) is -0.129. The van der Waals surface area contributed by atoms with Gasteiger partial charge >= 0.3 is 0 Å². The molecule has 1 atom stereocenters. The number of halogens is 1. The molecule has 0 aromatic carbocycles. The number of anilines is 1. The summed E-state index contributed by atoms with van der Waals surface area (Å²) in [5.74, 6) is -0.529. The van der Waals surface area contributed by atoms with E-state index in [4.69, 9.17) is 5.73 Å². The van der Waals surface area contributed by atoms with Crippen molar-refractivity contribution in [1.82, 2.24) is 15.1 Å². The van der Waals surface area contributed by atoms with Crippen LogP contribution in [-0.4, -0.2) is 34.2 Å². The maximum Gasteiger partial charge on any atom is 0.241 e. The molecule has 0 radical (unpaired) electrons. The molecule has 1 saturated heterocycles. The van der Waals surface area contributed by atoms with E-state index in [1.54, 1.807) is 6.20 Å². The first-order valence-electron chi connectivity index (χ1n) is 6.00. The zero-order valence-electron chi connectivity index (χ0n) is 10.5. The van der Waals surface area contributed by atoms with Crippen LogP contribution in [0.25, 0.3) is 0 Å². The Balaban J connectivity index is 0.00000180. The van der Waals surface area contributed by atoms with Gasteiger partial charge in [-0.3, -0.25) is 14.3 Å². The Kier molecular flexibility index (Phi) is 5.78. The van der Waals surface area contributed by atoms with Crippen LogP contribution in [-0.2, 0) is 16.1 Å². The highest BCUT2D eigenvalue weighted by atomic mass is 35.5. The smallest absolute Gasteiger partial charge is 0.241 e. The summed E-state index contributed by atoms with van der Waals surface area (Å²) in [5.41, 5.74) is 5.63. The first-order chi connectivity index (χ1) is 8.65. The molecule has 0 bridgehead atoms. The third kappa shape index (κ3) is 4.53. The Bertz CT molecular complexity index is 442. The van der Waals surface area contributed by atoms with Crippen molar-refractivity contribution in [3.63, 3.8) is 0 Å². The average Bonchev–Trinajstić information content (AvgIpc) is 2.76. The van der Waals surface area contributed by atoms with E-state index >= 15 is 0 Å². The largest absolute Gasteiger partial charge is 0.368 e. The molecule has 0 aliphatic carbocycles. The van der Waals surface area contributed by atoms with Crippen molar-refractivity contribution in [2.45, 2.75) is 31.8 Å². The minimum atomic E-state index is -0.468. The normalized spacial score (nSPS) is 18.4. The molecule has 8 heteroatoms. The van der Waals surface area contributed by atoms with Gasteiger partial charge in [0.25, 0.3) is 0 Å². The molecule has 19 heavy (non-hydrogen) atoms. The van der Waals surface area contributed by atoms with Gasteiger partial charge in [0.15, 0.2) is 0 Å². The van der Waals surface area contributed by atoms with Crippen molar-refractivity contribution in [3.05, 3.63) is 12.4 Å². The molecule has 2 amide bonds. The van der Waals surface area contributed by atoms with Crippen LogP contribution in [0.15, 0.2) is 12.4 Å². The lowest BCUT2D eigenvalue weighted by Crippen LogP contribution is -2.43. The first-order valence-corrected chi connectivity index (χ1v) is 6.00. The predicted molar refractivity (Wildman–Crippen MR) is 72.9 cm³/mol. The summed E-state index contributed by atoms with van der Waals surface area (Å²) in [4.78, 5) is 22.6. The number of nitrogens with one attached hydrogen (secondary N) is 2. The number of primary amides is 1. The quantitative estimate of drug-likeness (QED) is 0.718. The zero-order valence-corrected chi connectivity index (χ0v) is 11.3. The van der Waals surface area contributed by atoms with Crippen molar-refractivity contribution >= 4 is 29.9 Å². The van der Waals surface area contributed by atoms with E-state index < -0.39 is 5.91 Å². The molecule has 0 unspecified atom stereocenters. The van der Waals surface area contributed by atoms with Crippen molar-refractivity contribution in [2.24, 2.45) is 5.73 Å². The van der Waals surface area contributed by atoms with Crippen molar-refractivity contribution < 1.29 is 9.59 Å². The van der Waals surface area contributed by atoms with Crippen LogP contribution in [0, 0.1) is 0 Å². The topological polar surface area (TPSA) is 102 Å². The maximum atomic E-state index is 11.9. The number of hydrogen-bond acceptors (Lipinski definition) is 4. The molecule has 2 heterocycles. The van der Waals surface area contributed by atoms with Gasteiger partial charge in [-0.1, -0.05) is 6.42 Å². The van der Waals surface area contributed by atoms with Crippen molar-refractivity contribution in [1.29, 1.82) is 0 Å². The highest BCUT2D eigenvalue weighted by Crippen LogP contribution is 2.10. The molecule has 1 fully saturated rings. The van der Waals surface area contributed by atoms with Gasteiger partial charge in [-0.15, -0.1) is 12.4 Å². The second-order valence-electron chi connectivity index (χ2n) is 4.38. The fourth-order valence-electron chi connectivity index (χ4n) is 1.98. The minimum Gasteiger partial charge on any atom is -0.368 e. The average molecular weight is 288 g/mol.